The van der Waals surface area contributed by atoms with Gasteiger partial charge in [0.05, 0.1) is 17.7 Å². The molecule has 2 unspecified atom stereocenters. The summed E-state index contributed by atoms with van der Waals surface area (Å²) in [6, 6.07) is 9.92. The lowest BCUT2D eigenvalue weighted by Crippen LogP contribution is -2.35. The van der Waals surface area contributed by atoms with Crippen molar-refractivity contribution in [3.8, 4) is 0 Å². The van der Waals surface area contributed by atoms with Gasteiger partial charge in [0.2, 0.25) is 11.8 Å². The van der Waals surface area contributed by atoms with Crippen molar-refractivity contribution >= 4 is 11.8 Å². The molecule has 6 heteroatoms. The molecule has 6 nitrogen and oxygen atoms in total. The number of hydrogen-bond donors (Lipinski definition) is 1. The number of benzene rings is 1. The summed E-state index contributed by atoms with van der Waals surface area (Å²) < 4.78 is 1.96. The summed E-state index contributed by atoms with van der Waals surface area (Å²) in [6.07, 6.45) is 1.07. The summed E-state index contributed by atoms with van der Waals surface area (Å²) in [5.74, 6) is -0.381. The van der Waals surface area contributed by atoms with Crippen LogP contribution in [0.25, 0.3) is 0 Å². The SMILES string of the molecule is Cc1ccc(C2C(C(=O)NCCCn3nc(C)cc3C)CC(=O)N2C)cc1. The van der Waals surface area contributed by atoms with Crippen LogP contribution in [-0.2, 0) is 16.1 Å². The Morgan fingerprint density at radius 1 is 1.22 bits per heavy atom. The maximum absolute atomic E-state index is 12.8. The molecule has 1 aliphatic heterocycles. The van der Waals surface area contributed by atoms with Crippen LogP contribution in [0.2, 0.25) is 0 Å². The average Bonchev–Trinajstić information content (AvgIpc) is 3.11. The summed E-state index contributed by atoms with van der Waals surface area (Å²) in [7, 11) is 1.78. The van der Waals surface area contributed by atoms with Crippen molar-refractivity contribution in [1.29, 1.82) is 0 Å². The molecule has 1 aromatic carbocycles. The molecule has 144 valence electrons. The highest BCUT2D eigenvalue weighted by atomic mass is 16.2. The highest BCUT2D eigenvalue weighted by molar-refractivity contribution is 5.90. The maximum atomic E-state index is 12.8. The Bertz CT molecular complexity index is 825. The second-order valence-corrected chi connectivity index (χ2v) is 7.47. The molecule has 0 spiro atoms. The first kappa shape index (κ1) is 19.1. The lowest BCUT2D eigenvalue weighted by molar-refractivity contribution is -0.128. The van der Waals surface area contributed by atoms with E-state index < -0.39 is 0 Å². The minimum absolute atomic E-state index is 0.0170. The molecule has 2 amide bonds. The van der Waals surface area contributed by atoms with Gasteiger partial charge in [-0.2, -0.15) is 5.10 Å². The zero-order chi connectivity index (χ0) is 19.6. The zero-order valence-corrected chi connectivity index (χ0v) is 16.5. The van der Waals surface area contributed by atoms with Crippen LogP contribution in [0.4, 0.5) is 0 Å². The molecule has 2 heterocycles. The molecule has 3 rings (SSSR count). The van der Waals surface area contributed by atoms with Gasteiger partial charge in [-0.3, -0.25) is 14.3 Å². The van der Waals surface area contributed by atoms with Crippen molar-refractivity contribution < 1.29 is 9.59 Å². The van der Waals surface area contributed by atoms with Gasteiger partial charge in [0, 0.05) is 32.3 Å². The van der Waals surface area contributed by atoms with Crippen molar-refractivity contribution in [2.24, 2.45) is 5.92 Å². The van der Waals surface area contributed by atoms with Gasteiger partial charge in [-0.25, -0.2) is 0 Å². The minimum atomic E-state index is -0.348. The Balaban J connectivity index is 1.59. The first-order chi connectivity index (χ1) is 12.9. The molecule has 1 aromatic heterocycles. The molecule has 1 saturated heterocycles. The van der Waals surface area contributed by atoms with Gasteiger partial charge in [-0.05, 0) is 38.8 Å². The highest BCUT2D eigenvalue weighted by Crippen LogP contribution is 2.37. The van der Waals surface area contributed by atoms with E-state index in [1.54, 1.807) is 11.9 Å². The van der Waals surface area contributed by atoms with Crippen molar-refractivity contribution in [3.05, 3.63) is 52.8 Å². The third-order valence-electron chi connectivity index (χ3n) is 5.29. The van der Waals surface area contributed by atoms with Gasteiger partial charge < -0.3 is 10.2 Å². The number of amides is 2. The summed E-state index contributed by atoms with van der Waals surface area (Å²) in [4.78, 5) is 26.7. The molecule has 2 aromatic rings. The molecular formula is C21H28N4O2. The zero-order valence-electron chi connectivity index (χ0n) is 16.5. The molecule has 27 heavy (non-hydrogen) atoms. The first-order valence-corrected chi connectivity index (χ1v) is 9.48. The number of aromatic nitrogens is 2. The van der Waals surface area contributed by atoms with Crippen LogP contribution < -0.4 is 5.32 Å². The third kappa shape index (κ3) is 4.21. The summed E-state index contributed by atoms with van der Waals surface area (Å²) in [5.41, 5.74) is 4.30. The van der Waals surface area contributed by atoms with E-state index in [0.29, 0.717) is 6.54 Å². The Hall–Kier alpha value is -2.63. The lowest BCUT2D eigenvalue weighted by atomic mass is 9.92. The Morgan fingerprint density at radius 2 is 1.93 bits per heavy atom. The van der Waals surface area contributed by atoms with E-state index in [9.17, 15) is 9.59 Å². The van der Waals surface area contributed by atoms with Gasteiger partial charge in [-0.15, -0.1) is 0 Å². The molecule has 0 aliphatic carbocycles. The molecular weight excluding hydrogens is 340 g/mol. The minimum Gasteiger partial charge on any atom is -0.356 e. The quantitative estimate of drug-likeness (QED) is 0.797. The predicted molar refractivity (Wildman–Crippen MR) is 104 cm³/mol. The van der Waals surface area contributed by atoms with E-state index in [1.165, 1.54) is 0 Å². The number of carbonyl (C=O) groups excluding carboxylic acids is 2. The van der Waals surface area contributed by atoms with E-state index in [-0.39, 0.29) is 30.2 Å². The lowest BCUT2D eigenvalue weighted by Gasteiger charge is -2.25. The monoisotopic (exact) mass is 368 g/mol. The van der Waals surface area contributed by atoms with Crippen LogP contribution in [0.15, 0.2) is 30.3 Å². The smallest absolute Gasteiger partial charge is 0.226 e. The van der Waals surface area contributed by atoms with E-state index in [4.69, 9.17) is 0 Å². The van der Waals surface area contributed by atoms with Gasteiger partial charge in [-0.1, -0.05) is 29.8 Å². The summed E-state index contributed by atoms with van der Waals surface area (Å²) >= 11 is 0. The Morgan fingerprint density at radius 3 is 2.56 bits per heavy atom. The van der Waals surface area contributed by atoms with Crippen molar-refractivity contribution in [2.75, 3.05) is 13.6 Å². The Labute approximate surface area is 160 Å². The maximum Gasteiger partial charge on any atom is 0.226 e. The number of likely N-dealkylation sites (tertiary alicyclic amines) is 1. The van der Waals surface area contributed by atoms with Crippen LogP contribution >= 0.6 is 0 Å². The van der Waals surface area contributed by atoms with Crippen LogP contribution in [-0.4, -0.2) is 40.1 Å². The van der Waals surface area contributed by atoms with Gasteiger partial charge in [0.25, 0.3) is 0 Å². The summed E-state index contributed by atoms with van der Waals surface area (Å²) in [6.45, 7) is 7.38. The molecule has 1 N–H and O–H groups in total. The number of nitrogens with one attached hydrogen (secondary N) is 1. The topological polar surface area (TPSA) is 67.2 Å². The number of nitrogens with zero attached hydrogens (tertiary/aromatic N) is 3. The van der Waals surface area contributed by atoms with Crippen molar-refractivity contribution in [2.45, 2.75) is 46.2 Å². The fourth-order valence-electron chi connectivity index (χ4n) is 3.80. The van der Waals surface area contributed by atoms with Crippen LogP contribution in [0.1, 0.15) is 41.4 Å². The molecule has 0 radical (unpaired) electrons. The summed E-state index contributed by atoms with van der Waals surface area (Å²) in [5, 5.41) is 7.45. The largest absolute Gasteiger partial charge is 0.356 e. The molecule has 1 aliphatic rings. The fraction of sp³-hybridized carbons (Fsp3) is 0.476. The Kier molecular flexibility index (Phi) is 5.63. The number of carbonyl (C=O) groups is 2. The van der Waals surface area contributed by atoms with Crippen molar-refractivity contribution in [1.82, 2.24) is 20.0 Å². The number of rotatable bonds is 6. The van der Waals surface area contributed by atoms with E-state index >= 15 is 0 Å². The van der Waals surface area contributed by atoms with Gasteiger partial charge in [0.1, 0.15) is 0 Å². The number of aryl methyl sites for hydroxylation is 4. The average molecular weight is 368 g/mol. The fourth-order valence-corrected chi connectivity index (χ4v) is 3.80. The van der Waals surface area contributed by atoms with E-state index in [0.717, 1.165) is 35.5 Å². The molecule has 0 bridgehead atoms. The number of hydrogen-bond acceptors (Lipinski definition) is 3. The second-order valence-electron chi connectivity index (χ2n) is 7.47. The molecule has 0 saturated carbocycles. The van der Waals surface area contributed by atoms with E-state index in [2.05, 4.69) is 10.4 Å². The van der Waals surface area contributed by atoms with Crippen LogP contribution in [0.3, 0.4) is 0 Å². The molecule has 2 atom stereocenters. The standard InChI is InChI=1S/C21H28N4O2/c1-14-6-8-17(9-7-14)20-18(13-19(26)24(20)4)21(27)22-10-5-11-25-16(3)12-15(2)23-25/h6-9,12,18,20H,5,10-11,13H2,1-4H3,(H,22,27). The predicted octanol–water partition coefficient (Wildman–Crippen LogP) is 2.53. The third-order valence-corrected chi connectivity index (χ3v) is 5.29. The first-order valence-electron chi connectivity index (χ1n) is 9.48. The molecule has 1 fully saturated rings. The van der Waals surface area contributed by atoms with Crippen LogP contribution in [0, 0.1) is 26.7 Å². The normalized spacial score (nSPS) is 19.6. The van der Waals surface area contributed by atoms with Gasteiger partial charge >= 0.3 is 0 Å². The van der Waals surface area contributed by atoms with Crippen molar-refractivity contribution in [3.63, 3.8) is 0 Å². The van der Waals surface area contributed by atoms with Crippen LogP contribution in [0.5, 0.6) is 0 Å². The second kappa shape index (κ2) is 7.94. The highest BCUT2D eigenvalue weighted by Gasteiger charge is 2.42. The van der Waals surface area contributed by atoms with Gasteiger partial charge in [0.15, 0.2) is 0 Å². The van der Waals surface area contributed by atoms with E-state index in [1.807, 2.05) is 55.8 Å².